The summed E-state index contributed by atoms with van der Waals surface area (Å²) in [6.45, 7) is 1.13. The van der Waals surface area contributed by atoms with Crippen LogP contribution in [0.4, 0.5) is 5.69 Å². The molecule has 0 aliphatic heterocycles. The van der Waals surface area contributed by atoms with Crippen molar-refractivity contribution in [3.8, 4) is 0 Å². The minimum absolute atomic E-state index is 0.00789. The van der Waals surface area contributed by atoms with E-state index in [1.165, 1.54) is 18.1 Å². The molecule has 1 heterocycles. The molecule has 1 amide bonds. The van der Waals surface area contributed by atoms with E-state index in [4.69, 9.17) is 0 Å². The van der Waals surface area contributed by atoms with E-state index in [0.29, 0.717) is 25.1 Å². The lowest BCUT2D eigenvalue weighted by molar-refractivity contribution is -0.120. The van der Waals surface area contributed by atoms with E-state index < -0.39 is 0 Å². The van der Waals surface area contributed by atoms with E-state index in [1.807, 2.05) is 24.4 Å². The summed E-state index contributed by atoms with van der Waals surface area (Å²) in [5.74, 6) is -0.357. The minimum atomic E-state index is -0.365. The average Bonchev–Trinajstić information content (AvgIpc) is 3.11. The summed E-state index contributed by atoms with van der Waals surface area (Å²) in [5.41, 5.74) is 3.67. The van der Waals surface area contributed by atoms with Crippen molar-refractivity contribution in [2.45, 2.75) is 12.8 Å². The van der Waals surface area contributed by atoms with Gasteiger partial charge < -0.3 is 20.4 Å². The molecule has 6 heteroatoms. The first-order valence-electron chi connectivity index (χ1n) is 8.91. The van der Waals surface area contributed by atoms with Crippen molar-refractivity contribution < 1.29 is 14.3 Å². The molecule has 2 aromatic carbocycles. The van der Waals surface area contributed by atoms with Crippen molar-refractivity contribution in [3.63, 3.8) is 0 Å². The zero-order valence-corrected chi connectivity index (χ0v) is 15.2. The Morgan fingerprint density at radius 3 is 2.59 bits per heavy atom. The number of methoxy groups -OCH3 is 1. The summed E-state index contributed by atoms with van der Waals surface area (Å²) in [5, 5.41) is 7.32. The number of rotatable bonds is 8. The highest BCUT2D eigenvalue weighted by Crippen LogP contribution is 2.17. The second-order valence-corrected chi connectivity index (χ2v) is 6.21. The van der Waals surface area contributed by atoms with Crippen molar-refractivity contribution in [2.24, 2.45) is 0 Å². The number of benzene rings is 2. The first-order valence-corrected chi connectivity index (χ1v) is 8.91. The van der Waals surface area contributed by atoms with E-state index in [1.54, 1.807) is 24.3 Å². The Morgan fingerprint density at radius 2 is 1.81 bits per heavy atom. The van der Waals surface area contributed by atoms with Gasteiger partial charge in [-0.3, -0.25) is 4.79 Å². The predicted octanol–water partition coefficient (Wildman–Crippen LogP) is 3.12. The summed E-state index contributed by atoms with van der Waals surface area (Å²) < 4.78 is 4.66. The molecule has 0 radical (unpaired) electrons. The second-order valence-electron chi connectivity index (χ2n) is 6.21. The molecule has 27 heavy (non-hydrogen) atoms. The van der Waals surface area contributed by atoms with Gasteiger partial charge in [0.25, 0.3) is 0 Å². The van der Waals surface area contributed by atoms with Crippen LogP contribution in [0.5, 0.6) is 0 Å². The molecule has 0 saturated carbocycles. The number of carbonyl (C=O) groups is 2. The number of amides is 1. The molecular weight excluding hydrogens is 342 g/mol. The van der Waals surface area contributed by atoms with Crippen molar-refractivity contribution in [1.29, 1.82) is 0 Å². The molecule has 3 N–H and O–H groups in total. The molecule has 0 spiro atoms. The van der Waals surface area contributed by atoms with Crippen molar-refractivity contribution in [3.05, 3.63) is 65.9 Å². The maximum Gasteiger partial charge on any atom is 0.337 e. The number of aromatic amines is 1. The molecule has 0 unspecified atom stereocenters. The minimum Gasteiger partial charge on any atom is -0.465 e. The Kier molecular flexibility index (Phi) is 6.10. The zero-order valence-electron chi connectivity index (χ0n) is 15.2. The molecule has 3 aromatic rings. The molecule has 0 bridgehead atoms. The SMILES string of the molecule is COC(=O)c1ccc(NCCC(=O)NCCc2c[nH]c3ccccc23)cc1. The number of hydrogen-bond acceptors (Lipinski definition) is 4. The predicted molar refractivity (Wildman–Crippen MR) is 106 cm³/mol. The number of aromatic nitrogens is 1. The Bertz CT molecular complexity index is 916. The van der Waals surface area contributed by atoms with Gasteiger partial charge in [-0.1, -0.05) is 18.2 Å². The fraction of sp³-hybridized carbons (Fsp3) is 0.238. The van der Waals surface area contributed by atoms with Crippen molar-refractivity contribution in [1.82, 2.24) is 10.3 Å². The van der Waals surface area contributed by atoms with Crippen LogP contribution in [0.25, 0.3) is 10.9 Å². The average molecular weight is 365 g/mol. The highest BCUT2D eigenvalue weighted by molar-refractivity contribution is 5.89. The highest BCUT2D eigenvalue weighted by atomic mass is 16.5. The van der Waals surface area contributed by atoms with Gasteiger partial charge in [0.05, 0.1) is 12.7 Å². The Balaban J connectivity index is 1.38. The van der Waals surface area contributed by atoms with Crippen LogP contribution in [0.2, 0.25) is 0 Å². The number of nitrogens with one attached hydrogen (secondary N) is 3. The van der Waals surface area contributed by atoms with E-state index in [-0.39, 0.29) is 11.9 Å². The number of para-hydroxylation sites is 1. The third kappa shape index (κ3) is 4.88. The number of anilines is 1. The maximum atomic E-state index is 12.0. The highest BCUT2D eigenvalue weighted by Gasteiger charge is 2.06. The van der Waals surface area contributed by atoms with Gasteiger partial charge in [-0.25, -0.2) is 4.79 Å². The van der Waals surface area contributed by atoms with Crippen molar-refractivity contribution in [2.75, 3.05) is 25.5 Å². The fourth-order valence-corrected chi connectivity index (χ4v) is 2.93. The van der Waals surface area contributed by atoms with Crippen LogP contribution in [0.15, 0.2) is 54.7 Å². The third-order valence-electron chi connectivity index (χ3n) is 4.38. The van der Waals surface area contributed by atoms with Gasteiger partial charge in [0.1, 0.15) is 0 Å². The van der Waals surface area contributed by atoms with Crippen LogP contribution in [0.3, 0.4) is 0 Å². The van der Waals surface area contributed by atoms with Crippen LogP contribution >= 0.6 is 0 Å². The summed E-state index contributed by atoms with van der Waals surface area (Å²) in [4.78, 5) is 26.6. The molecule has 0 fully saturated rings. The number of carbonyl (C=O) groups excluding carboxylic acids is 2. The molecule has 140 valence electrons. The van der Waals surface area contributed by atoms with E-state index in [0.717, 1.165) is 17.6 Å². The lowest BCUT2D eigenvalue weighted by Crippen LogP contribution is -2.27. The van der Waals surface area contributed by atoms with Gasteiger partial charge in [0.2, 0.25) is 5.91 Å². The van der Waals surface area contributed by atoms with Gasteiger partial charge in [-0.15, -0.1) is 0 Å². The van der Waals surface area contributed by atoms with E-state index in [9.17, 15) is 9.59 Å². The van der Waals surface area contributed by atoms with E-state index >= 15 is 0 Å². The number of hydrogen-bond donors (Lipinski definition) is 3. The summed E-state index contributed by atoms with van der Waals surface area (Å²) in [7, 11) is 1.35. The Morgan fingerprint density at radius 1 is 1.04 bits per heavy atom. The van der Waals surface area contributed by atoms with Crippen LogP contribution in [-0.4, -0.2) is 37.1 Å². The lowest BCUT2D eigenvalue weighted by Gasteiger charge is -2.08. The standard InChI is InChI=1S/C21H23N3O3/c1-27-21(26)15-6-8-17(9-7-15)22-13-11-20(25)23-12-10-16-14-24-19-5-3-2-4-18(16)19/h2-9,14,22,24H,10-13H2,1H3,(H,23,25). The number of esters is 1. The summed E-state index contributed by atoms with van der Waals surface area (Å²) in [6.07, 6.45) is 3.17. The lowest BCUT2D eigenvalue weighted by atomic mass is 10.1. The number of fused-ring (bicyclic) bond motifs is 1. The molecule has 0 saturated heterocycles. The van der Waals surface area contributed by atoms with Crippen LogP contribution in [0, 0.1) is 0 Å². The van der Waals surface area contributed by atoms with Gasteiger partial charge in [0.15, 0.2) is 0 Å². The van der Waals surface area contributed by atoms with Gasteiger partial charge in [-0.2, -0.15) is 0 Å². The molecule has 0 aliphatic rings. The molecule has 0 aliphatic carbocycles. The monoisotopic (exact) mass is 365 g/mol. The van der Waals surface area contributed by atoms with Crippen LogP contribution in [0.1, 0.15) is 22.3 Å². The van der Waals surface area contributed by atoms with Crippen LogP contribution < -0.4 is 10.6 Å². The quantitative estimate of drug-likeness (QED) is 0.536. The van der Waals surface area contributed by atoms with E-state index in [2.05, 4.69) is 26.4 Å². The second kappa shape index (κ2) is 8.89. The van der Waals surface area contributed by atoms with Crippen molar-refractivity contribution >= 4 is 28.5 Å². The zero-order chi connectivity index (χ0) is 19.1. The molecule has 0 atom stereocenters. The summed E-state index contributed by atoms with van der Waals surface area (Å²) >= 11 is 0. The first-order chi connectivity index (χ1) is 13.2. The number of ether oxygens (including phenoxy) is 1. The molecule has 3 rings (SSSR count). The van der Waals surface area contributed by atoms with Gasteiger partial charge >= 0.3 is 5.97 Å². The first kappa shape index (κ1) is 18.5. The topological polar surface area (TPSA) is 83.2 Å². The largest absolute Gasteiger partial charge is 0.465 e. The molecule has 1 aromatic heterocycles. The Hall–Kier alpha value is -3.28. The molecule has 6 nitrogen and oxygen atoms in total. The maximum absolute atomic E-state index is 12.0. The molecular formula is C21H23N3O3. The van der Waals surface area contributed by atoms with Gasteiger partial charge in [-0.05, 0) is 42.3 Å². The Labute approximate surface area is 157 Å². The normalized spacial score (nSPS) is 10.6. The number of H-pyrrole nitrogens is 1. The van der Waals surface area contributed by atoms with Gasteiger partial charge in [0, 0.05) is 42.3 Å². The summed E-state index contributed by atoms with van der Waals surface area (Å²) in [6, 6.07) is 15.1. The van der Waals surface area contributed by atoms with Crippen LogP contribution in [-0.2, 0) is 16.0 Å². The third-order valence-corrected chi connectivity index (χ3v) is 4.38. The fourth-order valence-electron chi connectivity index (χ4n) is 2.93. The smallest absolute Gasteiger partial charge is 0.337 e.